The van der Waals surface area contributed by atoms with E-state index in [1.165, 1.54) is 11.3 Å². The molecule has 0 radical (unpaired) electrons. The van der Waals surface area contributed by atoms with Crippen LogP contribution in [0.25, 0.3) is 0 Å². The molecule has 32 heavy (non-hydrogen) atoms. The lowest BCUT2D eigenvalue weighted by atomic mass is 10.1. The Kier molecular flexibility index (Phi) is 5.22. The van der Waals surface area contributed by atoms with E-state index in [-0.39, 0.29) is 18.3 Å². The Balaban J connectivity index is 1.27. The third-order valence-corrected chi connectivity index (χ3v) is 5.81. The zero-order chi connectivity index (χ0) is 22.1. The summed E-state index contributed by atoms with van der Waals surface area (Å²) < 4.78 is 5.86. The predicted molar refractivity (Wildman–Crippen MR) is 119 cm³/mol. The molecule has 164 valence electrons. The Hall–Kier alpha value is -3.88. The topological polar surface area (TPSA) is 103 Å². The molecule has 2 amide bonds. The number of aromatic nitrogens is 3. The van der Waals surface area contributed by atoms with Gasteiger partial charge < -0.3 is 19.9 Å². The molecule has 2 aromatic carbocycles. The van der Waals surface area contributed by atoms with Crippen LogP contribution in [0.4, 0.5) is 11.4 Å². The minimum atomic E-state index is -0.844. The third-order valence-electron chi connectivity index (χ3n) is 5.81. The number of hydrogen-bond donors (Lipinski definition) is 2. The average Bonchev–Trinajstić information content (AvgIpc) is 3.20. The molecular weight excluding hydrogens is 408 g/mol. The Morgan fingerprint density at radius 3 is 2.78 bits per heavy atom. The van der Waals surface area contributed by atoms with E-state index < -0.39 is 11.9 Å². The van der Waals surface area contributed by atoms with Gasteiger partial charge in [-0.1, -0.05) is 30.3 Å². The first-order valence-corrected chi connectivity index (χ1v) is 10.6. The predicted octanol–water partition coefficient (Wildman–Crippen LogP) is 1.76. The standard InChI is InChI=1S/C23H24N6O3/c1-28-18-13-16(29-10-5-11-29)8-9-19(18)32-14-17(23(28)31)24-22(30)21-25-20(26-27-21)12-15-6-3-2-4-7-15/h2-4,6-9,13,17H,5,10-12,14H2,1H3,(H,24,30)(H,25,26,27)/t17-/m1/s1. The van der Waals surface area contributed by atoms with E-state index in [1.807, 2.05) is 48.5 Å². The summed E-state index contributed by atoms with van der Waals surface area (Å²) in [5, 5.41) is 9.52. The summed E-state index contributed by atoms with van der Waals surface area (Å²) in [7, 11) is 1.69. The second kappa shape index (κ2) is 8.33. The molecule has 1 atom stereocenters. The fraction of sp³-hybridized carbons (Fsp3) is 0.304. The van der Waals surface area contributed by atoms with Crippen LogP contribution in [0.15, 0.2) is 48.5 Å². The molecule has 2 N–H and O–H groups in total. The van der Waals surface area contributed by atoms with Gasteiger partial charge in [0.1, 0.15) is 24.2 Å². The minimum absolute atomic E-state index is 0.00628. The molecule has 3 aromatic rings. The number of H-pyrrole nitrogens is 1. The lowest BCUT2D eigenvalue weighted by Crippen LogP contribution is -2.49. The van der Waals surface area contributed by atoms with Crippen LogP contribution in [-0.2, 0) is 11.2 Å². The lowest BCUT2D eigenvalue weighted by Gasteiger charge is -2.34. The monoisotopic (exact) mass is 432 g/mol. The number of amides is 2. The van der Waals surface area contributed by atoms with Crippen molar-refractivity contribution in [3.8, 4) is 5.75 Å². The first kappa shape index (κ1) is 20.0. The van der Waals surface area contributed by atoms with Gasteiger partial charge in [-0.25, -0.2) is 4.98 Å². The molecule has 0 bridgehead atoms. The van der Waals surface area contributed by atoms with Crippen molar-refractivity contribution >= 4 is 23.2 Å². The van der Waals surface area contributed by atoms with Gasteiger partial charge in [-0.05, 0) is 30.2 Å². The van der Waals surface area contributed by atoms with E-state index in [4.69, 9.17) is 4.74 Å². The number of fused-ring (bicyclic) bond motifs is 1. The summed E-state index contributed by atoms with van der Waals surface area (Å²) in [5.41, 5.74) is 2.81. The zero-order valence-electron chi connectivity index (χ0n) is 17.7. The molecule has 1 aromatic heterocycles. The summed E-state index contributed by atoms with van der Waals surface area (Å²) in [6.07, 6.45) is 1.70. The van der Waals surface area contributed by atoms with Crippen LogP contribution >= 0.6 is 0 Å². The maximum atomic E-state index is 13.1. The number of nitrogens with one attached hydrogen (secondary N) is 2. The maximum absolute atomic E-state index is 13.1. The number of nitrogens with zero attached hydrogens (tertiary/aromatic N) is 4. The molecule has 3 heterocycles. The van der Waals surface area contributed by atoms with Crippen LogP contribution in [0, 0.1) is 0 Å². The minimum Gasteiger partial charge on any atom is -0.489 e. The molecule has 0 unspecified atom stereocenters. The molecule has 1 fully saturated rings. The fourth-order valence-electron chi connectivity index (χ4n) is 3.85. The highest BCUT2D eigenvalue weighted by atomic mass is 16.5. The van der Waals surface area contributed by atoms with Gasteiger partial charge in [0.2, 0.25) is 5.82 Å². The quantitative estimate of drug-likeness (QED) is 0.637. The van der Waals surface area contributed by atoms with Crippen molar-refractivity contribution in [2.75, 3.05) is 36.5 Å². The van der Waals surface area contributed by atoms with Crippen molar-refractivity contribution in [1.82, 2.24) is 20.5 Å². The van der Waals surface area contributed by atoms with Crippen molar-refractivity contribution in [3.05, 3.63) is 65.7 Å². The number of ether oxygens (including phenoxy) is 1. The molecule has 1 saturated heterocycles. The summed E-state index contributed by atoms with van der Waals surface area (Å²) in [5.74, 6) is 0.409. The molecule has 2 aliphatic heterocycles. The van der Waals surface area contributed by atoms with Gasteiger partial charge in [0, 0.05) is 32.2 Å². The van der Waals surface area contributed by atoms with Gasteiger partial charge in [0.25, 0.3) is 11.8 Å². The number of benzene rings is 2. The van der Waals surface area contributed by atoms with E-state index in [2.05, 4.69) is 25.4 Å². The molecule has 0 aliphatic carbocycles. The number of aromatic amines is 1. The van der Waals surface area contributed by atoms with Crippen LogP contribution in [0.3, 0.4) is 0 Å². The van der Waals surface area contributed by atoms with Crippen molar-refractivity contribution in [2.45, 2.75) is 18.9 Å². The zero-order valence-corrected chi connectivity index (χ0v) is 17.7. The molecule has 2 aliphatic rings. The van der Waals surface area contributed by atoms with Gasteiger partial charge in [0.05, 0.1) is 5.69 Å². The van der Waals surface area contributed by atoms with Crippen LogP contribution in [0.1, 0.15) is 28.4 Å². The van der Waals surface area contributed by atoms with Crippen molar-refractivity contribution in [3.63, 3.8) is 0 Å². The maximum Gasteiger partial charge on any atom is 0.291 e. The number of carbonyl (C=O) groups is 2. The molecule has 9 heteroatoms. The first-order valence-electron chi connectivity index (χ1n) is 10.6. The van der Waals surface area contributed by atoms with Crippen molar-refractivity contribution < 1.29 is 14.3 Å². The molecule has 0 saturated carbocycles. The highest BCUT2D eigenvalue weighted by molar-refractivity contribution is 6.02. The smallest absolute Gasteiger partial charge is 0.291 e. The van der Waals surface area contributed by atoms with Gasteiger partial charge >= 0.3 is 0 Å². The summed E-state index contributed by atoms with van der Waals surface area (Å²) in [4.78, 5) is 33.8. The van der Waals surface area contributed by atoms with Gasteiger partial charge in [0.15, 0.2) is 0 Å². The van der Waals surface area contributed by atoms with Crippen molar-refractivity contribution in [1.29, 1.82) is 0 Å². The fourth-order valence-corrected chi connectivity index (χ4v) is 3.85. The molecular formula is C23H24N6O3. The molecule has 5 rings (SSSR count). The van der Waals surface area contributed by atoms with Crippen molar-refractivity contribution in [2.24, 2.45) is 0 Å². The van der Waals surface area contributed by atoms with E-state index in [0.717, 1.165) is 24.3 Å². The summed E-state index contributed by atoms with van der Waals surface area (Å²) in [6, 6.07) is 14.8. The number of hydrogen-bond acceptors (Lipinski definition) is 6. The highest BCUT2D eigenvalue weighted by Crippen LogP contribution is 2.35. The molecule has 0 spiro atoms. The van der Waals surface area contributed by atoms with Crippen LogP contribution < -0.4 is 19.9 Å². The summed E-state index contributed by atoms with van der Waals surface area (Å²) >= 11 is 0. The van der Waals surface area contributed by atoms with Gasteiger partial charge in [-0.15, -0.1) is 5.10 Å². The highest BCUT2D eigenvalue weighted by Gasteiger charge is 2.32. The third kappa shape index (κ3) is 3.89. The largest absolute Gasteiger partial charge is 0.489 e. The molecule has 9 nitrogen and oxygen atoms in total. The lowest BCUT2D eigenvalue weighted by molar-refractivity contribution is -0.120. The number of anilines is 2. The van der Waals surface area contributed by atoms with Gasteiger partial charge in [-0.2, -0.15) is 0 Å². The van der Waals surface area contributed by atoms with Crippen LogP contribution in [-0.4, -0.2) is 59.8 Å². The number of likely N-dealkylation sites (N-methyl/N-ethyl adjacent to an activating group) is 1. The SMILES string of the molecule is CN1C(=O)[C@H](NC(=O)c2n[nH]c(Cc3ccccc3)n2)COc2ccc(N3CCC3)cc21. The Bertz CT molecular complexity index is 1140. The Labute approximate surface area is 185 Å². The Morgan fingerprint density at radius 2 is 2.03 bits per heavy atom. The van der Waals surface area contributed by atoms with Crippen LogP contribution in [0.2, 0.25) is 0 Å². The number of carbonyl (C=O) groups excluding carboxylic acids is 2. The second-order valence-corrected chi connectivity index (χ2v) is 8.00. The van der Waals surface area contributed by atoms with E-state index in [1.54, 1.807) is 7.05 Å². The van der Waals surface area contributed by atoms with Crippen LogP contribution in [0.5, 0.6) is 5.75 Å². The van der Waals surface area contributed by atoms with E-state index in [9.17, 15) is 9.59 Å². The van der Waals surface area contributed by atoms with Gasteiger partial charge in [-0.3, -0.25) is 14.7 Å². The average molecular weight is 432 g/mol. The number of rotatable bonds is 5. The Morgan fingerprint density at radius 1 is 1.22 bits per heavy atom. The summed E-state index contributed by atoms with van der Waals surface area (Å²) in [6.45, 7) is 2.06. The second-order valence-electron chi connectivity index (χ2n) is 8.00. The van der Waals surface area contributed by atoms with E-state index in [0.29, 0.717) is 23.7 Å². The first-order chi connectivity index (χ1) is 15.6. The van der Waals surface area contributed by atoms with E-state index >= 15 is 0 Å². The normalized spacial score (nSPS) is 17.8.